The second kappa shape index (κ2) is 4.48. The van der Waals surface area contributed by atoms with Gasteiger partial charge in [0.05, 0.1) is 0 Å². The fourth-order valence-electron chi connectivity index (χ4n) is 4.73. The summed E-state index contributed by atoms with van der Waals surface area (Å²) in [5, 5.41) is 12.8. The molecular weight excluding hydrogens is 288 g/mol. The molecule has 0 spiro atoms. The Morgan fingerprint density at radius 1 is 0.542 bits per heavy atom. The van der Waals surface area contributed by atoms with Gasteiger partial charge in [0.15, 0.2) is 0 Å². The molecule has 0 saturated carbocycles. The summed E-state index contributed by atoms with van der Waals surface area (Å²) in [5.41, 5.74) is 1.52. The SMILES string of the molecule is C1=c2cc3cc4ccc5c6c(ccc(c3cc2=CCC1)c46)=CCC5. The van der Waals surface area contributed by atoms with Gasteiger partial charge >= 0.3 is 0 Å². The Morgan fingerprint density at radius 2 is 1.38 bits per heavy atom. The zero-order valence-corrected chi connectivity index (χ0v) is 13.6. The van der Waals surface area contributed by atoms with E-state index < -0.39 is 0 Å². The van der Waals surface area contributed by atoms with Gasteiger partial charge in [0.1, 0.15) is 0 Å². The van der Waals surface area contributed by atoms with Gasteiger partial charge in [0.25, 0.3) is 0 Å². The average Bonchev–Trinajstić information content (AvgIpc) is 2.64. The van der Waals surface area contributed by atoms with Gasteiger partial charge in [-0.15, -0.1) is 0 Å². The van der Waals surface area contributed by atoms with Gasteiger partial charge in [-0.25, -0.2) is 0 Å². The first-order valence-electron chi connectivity index (χ1n) is 9.00. The normalized spacial score (nSPS) is 15.8. The maximum Gasteiger partial charge on any atom is -0.00237 e. The van der Waals surface area contributed by atoms with Gasteiger partial charge in [-0.3, -0.25) is 0 Å². The summed E-state index contributed by atoms with van der Waals surface area (Å²) < 4.78 is 0. The Balaban J connectivity index is 1.94. The van der Waals surface area contributed by atoms with Crippen molar-refractivity contribution in [2.75, 3.05) is 0 Å². The lowest BCUT2D eigenvalue weighted by Gasteiger charge is -2.16. The van der Waals surface area contributed by atoms with Crippen molar-refractivity contribution in [3.63, 3.8) is 0 Å². The third-order valence-electron chi connectivity index (χ3n) is 5.84. The van der Waals surface area contributed by atoms with E-state index in [4.69, 9.17) is 0 Å². The van der Waals surface area contributed by atoms with Crippen LogP contribution in [0.5, 0.6) is 0 Å². The maximum absolute atomic E-state index is 2.41. The first-order valence-corrected chi connectivity index (χ1v) is 9.00. The van der Waals surface area contributed by atoms with Gasteiger partial charge in [0.2, 0.25) is 0 Å². The summed E-state index contributed by atoms with van der Waals surface area (Å²) >= 11 is 0. The molecule has 0 aliphatic heterocycles. The number of aryl methyl sites for hydroxylation is 1. The molecule has 2 aliphatic rings. The van der Waals surface area contributed by atoms with Crippen LogP contribution in [0.1, 0.15) is 24.8 Å². The molecule has 24 heavy (non-hydrogen) atoms. The van der Waals surface area contributed by atoms with Crippen molar-refractivity contribution < 1.29 is 0 Å². The molecule has 0 heteroatoms. The minimum absolute atomic E-state index is 1.17. The molecule has 0 radical (unpaired) electrons. The first-order chi connectivity index (χ1) is 11.9. The lowest BCUT2D eigenvalue weighted by atomic mass is 9.87. The van der Waals surface area contributed by atoms with Crippen LogP contribution in [0, 0.1) is 0 Å². The highest BCUT2D eigenvalue weighted by Crippen LogP contribution is 2.34. The Hall–Kier alpha value is -2.60. The van der Waals surface area contributed by atoms with Gasteiger partial charge in [-0.1, -0.05) is 42.5 Å². The smallest absolute Gasteiger partial charge is 0.00237 e. The van der Waals surface area contributed by atoms with Gasteiger partial charge in [0, 0.05) is 0 Å². The van der Waals surface area contributed by atoms with E-state index in [9.17, 15) is 0 Å². The van der Waals surface area contributed by atoms with Gasteiger partial charge < -0.3 is 0 Å². The van der Waals surface area contributed by atoms with Crippen LogP contribution in [0.4, 0.5) is 0 Å². The van der Waals surface area contributed by atoms with E-state index in [1.54, 1.807) is 0 Å². The molecule has 6 rings (SSSR count). The summed E-state index contributed by atoms with van der Waals surface area (Å²) in [6.45, 7) is 0. The highest BCUT2D eigenvalue weighted by Gasteiger charge is 2.13. The largest absolute Gasteiger partial charge is 0.0763 e. The molecular formula is C24H18. The van der Waals surface area contributed by atoms with Crippen LogP contribution in [0.25, 0.3) is 50.5 Å². The second-order valence-electron chi connectivity index (χ2n) is 7.21. The molecule has 4 aromatic rings. The minimum Gasteiger partial charge on any atom is -0.0763 e. The Kier molecular flexibility index (Phi) is 2.38. The van der Waals surface area contributed by atoms with Crippen molar-refractivity contribution in [2.24, 2.45) is 0 Å². The lowest BCUT2D eigenvalue weighted by molar-refractivity contribution is 1.04. The number of rotatable bonds is 0. The van der Waals surface area contributed by atoms with Crippen molar-refractivity contribution in [3.05, 3.63) is 63.7 Å². The Labute approximate surface area is 140 Å². The molecule has 0 aromatic heterocycles. The Bertz CT molecular complexity index is 1340. The van der Waals surface area contributed by atoms with E-state index in [0.717, 1.165) is 0 Å². The van der Waals surface area contributed by atoms with E-state index in [1.165, 1.54) is 79.2 Å². The zero-order chi connectivity index (χ0) is 15.7. The third kappa shape index (κ3) is 1.58. The molecule has 0 bridgehead atoms. The summed E-state index contributed by atoms with van der Waals surface area (Å²) in [6, 6.07) is 16.5. The average molecular weight is 306 g/mol. The van der Waals surface area contributed by atoms with Crippen molar-refractivity contribution in [3.8, 4) is 0 Å². The second-order valence-corrected chi connectivity index (χ2v) is 7.21. The van der Waals surface area contributed by atoms with E-state index >= 15 is 0 Å². The van der Waals surface area contributed by atoms with Crippen molar-refractivity contribution in [1.29, 1.82) is 0 Å². The lowest BCUT2D eigenvalue weighted by Crippen LogP contribution is -2.26. The molecule has 0 unspecified atom stereocenters. The van der Waals surface area contributed by atoms with Crippen LogP contribution in [0.3, 0.4) is 0 Å². The van der Waals surface area contributed by atoms with Gasteiger partial charge in [-0.05, 0) is 97.4 Å². The topological polar surface area (TPSA) is 0 Å². The molecule has 0 N–H and O–H groups in total. The summed E-state index contributed by atoms with van der Waals surface area (Å²) in [7, 11) is 0. The molecule has 114 valence electrons. The molecule has 2 aliphatic carbocycles. The van der Waals surface area contributed by atoms with E-state index in [-0.39, 0.29) is 0 Å². The molecule has 0 atom stereocenters. The maximum atomic E-state index is 2.41. The summed E-state index contributed by atoms with van der Waals surface area (Å²) in [4.78, 5) is 0. The predicted molar refractivity (Wildman–Crippen MR) is 104 cm³/mol. The Morgan fingerprint density at radius 3 is 2.29 bits per heavy atom. The summed E-state index contributed by atoms with van der Waals surface area (Å²) in [6.07, 6.45) is 11.9. The number of fused-ring (bicyclic) bond motifs is 3. The van der Waals surface area contributed by atoms with E-state index in [1.807, 2.05) is 0 Å². The van der Waals surface area contributed by atoms with Crippen molar-refractivity contribution in [2.45, 2.75) is 25.7 Å². The van der Waals surface area contributed by atoms with Crippen LogP contribution < -0.4 is 15.7 Å². The van der Waals surface area contributed by atoms with Crippen LogP contribution in [-0.2, 0) is 6.42 Å². The van der Waals surface area contributed by atoms with E-state index in [0.29, 0.717) is 0 Å². The fraction of sp³-hybridized carbons (Fsp3) is 0.167. The van der Waals surface area contributed by atoms with E-state index in [2.05, 4.69) is 60.7 Å². The predicted octanol–water partition coefficient (Wildman–Crippen LogP) is 3.95. The van der Waals surface area contributed by atoms with Crippen LogP contribution in [0.15, 0.2) is 42.5 Å². The van der Waals surface area contributed by atoms with Gasteiger partial charge in [-0.2, -0.15) is 0 Å². The summed E-state index contributed by atoms with van der Waals surface area (Å²) in [5.74, 6) is 0. The standard InChI is InChI=1S/C24H18/c1-2-5-18-14-22-20(12-17(18)4-1)13-19-9-8-15-6-3-7-16-10-11-21(22)24(19)23(15)16/h4-5,7-14H,1-3,6H2. The molecule has 0 amide bonds. The molecule has 0 nitrogen and oxygen atoms in total. The molecule has 0 heterocycles. The van der Waals surface area contributed by atoms with Crippen molar-refractivity contribution >= 4 is 50.5 Å². The number of benzene rings is 4. The highest BCUT2D eigenvalue weighted by molar-refractivity contribution is 6.22. The quantitative estimate of drug-likeness (QED) is 0.341. The van der Waals surface area contributed by atoms with Crippen LogP contribution in [-0.4, -0.2) is 0 Å². The molecule has 0 saturated heterocycles. The molecule has 4 aromatic carbocycles. The zero-order valence-electron chi connectivity index (χ0n) is 13.6. The highest BCUT2D eigenvalue weighted by atomic mass is 14.2. The van der Waals surface area contributed by atoms with Crippen molar-refractivity contribution in [1.82, 2.24) is 0 Å². The third-order valence-corrected chi connectivity index (χ3v) is 5.84. The van der Waals surface area contributed by atoms with Crippen LogP contribution >= 0.6 is 0 Å². The number of hydrogen-bond donors (Lipinski definition) is 0. The number of hydrogen-bond acceptors (Lipinski definition) is 0. The first kappa shape index (κ1) is 12.8. The van der Waals surface area contributed by atoms with Crippen LogP contribution in [0.2, 0.25) is 0 Å². The minimum atomic E-state index is 1.17. The monoisotopic (exact) mass is 306 g/mol. The molecule has 0 fully saturated rings. The fourth-order valence-corrected chi connectivity index (χ4v) is 4.73.